The largest absolute Gasteiger partial charge is 0.459 e. The van der Waals surface area contributed by atoms with Gasteiger partial charge in [0.1, 0.15) is 6.10 Å². The molecule has 0 aromatic rings. The summed E-state index contributed by atoms with van der Waals surface area (Å²) in [4.78, 5) is 12.4. The summed E-state index contributed by atoms with van der Waals surface area (Å²) in [5.41, 5.74) is 0. The maximum Gasteiger partial charge on any atom is 0.330 e. The van der Waals surface area contributed by atoms with Crippen LogP contribution in [0.3, 0.4) is 0 Å². The van der Waals surface area contributed by atoms with Crippen molar-refractivity contribution < 1.29 is 18.4 Å². The predicted molar refractivity (Wildman–Crippen MR) is 143 cm³/mol. The Morgan fingerprint density at radius 3 is 1.84 bits per heavy atom. The van der Waals surface area contributed by atoms with Gasteiger partial charge in [-0.1, -0.05) is 53.7 Å². The molecule has 0 aromatic carbocycles. The van der Waals surface area contributed by atoms with E-state index in [1.807, 2.05) is 19.1 Å². The Balaban J connectivity index is 6.03. The van der Waals surface area contributed by atoms with E-state index in [1.54, 1.807) is 6.08 Å². The van der Waals surface area contributed by atoms with Crippen LogP contribution in [0.25, 0.3) is 0 Å². The molecule has 0 amide bonds. The number of rotatable bonds is 13. The van der Waals surface area contributed by atoms with Gasteiger partial charge in [-0.15, -0.1) is 13.2 Å². The van der Waals surface area contributed by atoms with Crippen molar-refractivity contribution in [2.45, 2.75) is 122 Å². The molecule has 0 rings (SSSR count). The Morgan fingerprint density at radius 2 is 1.41 bits per heavy atom. The summed E-state index contributed by atoms with van der Waals surface area (Å²) in [5, 5.41) is 0.113. The molecule has 0 spiro atoms. The average Bonchev–Trinajstić information content (AvgIpc) is 2.60. The first-order valence-electron chi connectivity index (χ1n) is 11.8. The second-order valence-electron chi connectivity index (χ2n) is 11.8. The highest BCUT2D eigenvalue weighted by Gasteiger charge is 2.44. The topological polar surface area (TPSA) is 44.8 Å². The maximum atomic E-state index is 12.4. The Kier molecular flexibility index (Phi) is 12.1. The highest BCUT2D eigenvalue weighted by Crippen LogP contribution is 2.41. The summed E-state index contributed by atoms with van der Waals surface area (Å²) in [6.45, 7) is 31.8. The molecule has 0 saturated heterocycles. The summed E-state index contributed by atoms with van der Waals surface area (Å²) < 4.78 is 19.1. The second kappa shape index (κ2) is 12.5. The summed E-state index contributed by atoms with van der Waals surface area (Å²) in [6, 6.07) is 0. The van der Waals surface area contributed by atoms with E-state index in [2.05, 4.69) is 80.9 Å². The summed E-state index contributed by atoms with van der Waals surface area (Å²) in [6.07, 6.45) is 8.59. The van der Waals surface area contributed by atoms with Crippen molar-refractivity contribution in [1.82, 2.24) is 0 Å². The van der Waals surface area contributed by atoms with Crippen LogP contribution in [0.5, 0.6) is 0 Å². The van der Waals surface area contributed by atoms with Gasteiger partial charge in [-0.2, -0.15) is 0 Å². The predicted octanol–water partition coefficient (Wildman–Crippen LogP) is 7.80. The van der Waals surface area contributed by atoms with E-state index in [0.717, 1.165) is 12.8 Å². The van der Waals surface area contributed by atoms with E-state index in [9.17, 15) is 4.79 Å². The van der Waals surface area contributed by atoms with Gasteiger partial charge in [-0.05, 0) is 62.1 Å². The molecule has 0 N–H and O–H groups in total. The third kappa shape index (κ3) is 10.3. The van der Waals surface area contributed by atoms with Crippen LogP contribution in [0.4, 0.5) is 0 Å². The van der Waals surface area contributed by atoms with Gasteiger partial charge in [0, 0.05) is 12.5 Å². The third-order valence-electron chi connectivity index (χ3n) is 6.75. The van der Waals surface area contributed by atoms with Crippen LogP contribution in [0.1, 0.15) is 67.7 Å². The van der Waals surface area contributed by atoms with Crippen LogP contribution in [-0.4, -0.2) is 40.9 Å². The van der Waals surface area contributed by atoms with Crippen LogP contribution < -0.4 is 0 Å². The number of hydrogen-bond acceptors (Lipinski definition) is 4. The minimum Gasteiger partial charge on any atom is -0.459 e. The molecule has 4 nitrogen and oxygen atoms in total. The minimum atomic E-state index is -2.11. The zero-order chi connectivity index (χ0) is 25.4. The fraction of sp³-hybridized carbons (Fsp3) is 0.731. The van der Waals surface area contributed by atoms with Crippen LogP contribution in [0.15, 0.2) is 37.5 Å². The Hall–Kier alpha value is -0.956. The van der Waals surface area contributed by atoms with Crippen LogP contribution in [0, 0.1) is 0 Å². The van der Waals surface area contributed by atoms with Crippen molar-refractivity contribution in [3.8, 4) is 0 Å². The average molecular weight is 483 g/mol. The number of esters is 1. The van der Waals surface area contributed by atoms with E-state index < -0.39 is 16.6 Å². The lowest BCUT2D eigenvalue weighted by molar-refractivity contribution is -0.142. The van der Waals surface area contributed by atoms with Crippen molar-refractivity contribution in [3.05, 3.63) is 37.5 Å². The van der Waals surface area contributed by atoms with Crippen molar-refractivity contribution >= 4 is 22.6 Å². The van der Waals surface area contributed by atoms with Gasteiger partial charge in [0.25, 0.3) is 0 Å². The lowest BCUT2D eigenvalue weighted by Crippen LogP contribution is -2.51. The number of carbonyl (C=O) groups excluding carboxylic acids is 1. The smallest absolute Gasteiger partial charge is 0.330 e. The first-order valence-corrected chi connectivity index (χ1v) is 17.7. The number of allylic oxidation sites excluding steroid dienone is 1. The number of hydrogen-bond donors (Lipinski definition) is 0. The van der Waals surface area contributed by atoms with E-state index in [0.29, 0.717) is 6.42 Å². The molecule has 0 bridgehead atoms. The highest BCUT2D eigenvalue weighted by molar-refractivity contribution is 6.74. The Labute approximate surface area is 200 Å². The molecule has 0 unspecified atom stereocenters. The molecule has 32 heavy (non-hydrogen) atoms. The van der Waals surface area contributed by atoms with Gasteiger partial charge in [0.05, 0.1) is 12.2 Å². The highest BCUT2D eigenvalue weighted by atomic mass is 28.4. The molecule has 0 aliphatic carbocycles. The number of carbonyl (C=O) groups is 1. The quantitative estimate of drug-likeness (QED) is 0.116. The van der Waals surface area contributed by atoms with Gasteiger partial charge in [-0.3, -0.25) is 0 Å². The minimum absolute atomic E-state index is 0.0397. The normalized spacial score (nSPS) is 16.5. The van der Waals surface area contributed by atoms with Crippen molar-refractivity contribution in [1.29, 1.82) is 0 Å². The van der Waals surface area contributed by atoms with Crippen LogP contribution in [-0.2, 0) is 18.4 Å². The van der Waals surface area contributed by atoms with E-state index in [1.165, 1.54) is 6.08 Å². The van der Waals surface area contributed by atoms with Crippen molar-refractivity contribution in [2.24, 2.45) is 0 Å². The van der Waals surface area contributed by atoms with Crippen LogP contribution in [0.2, 0.25) is 36.3 Å². The van der Waals surface area contributed by atoms with Crippen LogP contribution >= 0.6 is 0 Å². The van der Waals surface area contributed by atoms with E-state index in [4.69, 9.17) is 13.6 Å². The molecule has 3 atom stereocenters. The molecule has 0 aliphatic heterocycles. The molecular formula is C26H50O4Si2. The number of ether oxygens (including phenoxy) is 1. The lowest BCUT2D eigenvalue weighted by Gasteiger charge is -2.44. The lowest BCUT2D eigenvalue weighted by atomic mass is 10.1. The van der Waals surface area contributed by atoms with Crippen molar-refractivity contribution in [3.63, 3.8) is 0 Å². The monoisotopic (exact) mass is 482 g/mol. The van der Waals surface area contributed by atoms with Gasteiger partial charge in [0.2, 0.25) is 0 Å². The second-order valence-corrected chi connectivity index (χ2v) is 21.3. The third-order valence-corrected chi connectivity index (χ3v) is 15.7. The standard InChI is InChI=1S/C26H50O4Si2/c1-14-16-18-22(29-31(10,11)25(4,5)6)23(30-32(12,13)26(7,8)9)19-20-24(27)28-21(3)17-15-2/h14-15,19-23H,1-2,16-18H2,3-13H3/b20-19+/t21-,22+,23-/m1/s1. The molecular weight excluding hydrogens is 432 g/mol. The zero-order valence-electron chi connectivity index (χ0n) is 22.7. The van der Waals surface area contributed by atoms with Gasteiger partial charge in [-0.25, -0.2) is 4.79 Å². The molecule has 0 heterocycles. The molecule has 186 valence electrons. The first-order chi connectivity index (χ1) is 14.4. The summed E-state index contributed by atoms with van der Waals surface area (Å²) >= 11 is 0. The van der Waals surface area contributed by atoms with Gasteiger partial charge >= 0.3 is 5.97 Å². The van der Waals surface area contributed by atoms with Crippen molar-refractivity contribution in [2.75, 3.05) is 0 Å². The molecule has 0 aliphatic rings. The molecule has 0 saturated carbocycles. The fourth-order valence-electron chi connectivity index (χ4n) is 2.58. The SMILES string of the molecule is C=CCC[C@H](O[Si](C)(C)C(C)(C)C)[C@@H](/C=C/C(=O)O[C@H](C)CC=C)O[Si](C)(C)C(C)(C)C. The first kappa shape index (κ1) is 31.0. The molecule has 0 fully saturated rings. The van der Waals surface area contributed by atoms with Gasteiger partial charge in [0.15, 0.2) is 16.6 Å². The molecule has 0 radical (unpaired) electrons. The van der Waals surface area contributed by atoms with E-state index >= 15 is 0 Å². The molecule has 6 heteroatoms. The Bertz CT molecular complexity index is 639. The van der Waals surface area contributed by atoms with E-state index in [-0.39, 0.29) is 34.4 Å². The maximum absolute atomic E-state index is 12.4. The fourth-order valence-corrected chi connectivity index (χ4v) is 5.20. The Morgan fingerprint density at radius 1 is 0.906 bits per heavy atom. The summed E-state index contributed by atoms with van der Waals surface area (Å²) in [5.74, 6) is -0.363. The molecule has 0 aromatic heterocycles. The van der Waals surface area contributed by atoms with Gasteiger partial charge < -0.3 is 13.6 Å². The summed E-state index contributed by atoms with van der Waals surface area (Å²) in [7, 11) is -4.17. The zero-order valence-corrected chi connectivity index (χ0v) is 24.7.